The second-order valence-electron chi connectivity index (χ2n) is 4.89. The number of carbonyl (C=O) groups excluding carboxylic acids is 1. The number of nitrogens with one attached hydrogen (secondary N) is 2. The van der Waals surface area contributed by atoms with Crippen LogP contribution < -0.4 is 15.4 Å². The van der Waals surface area contributed by atoms with Crippen LogP contribution in [0.15, 0.2) is 24.3 Å². The summed E-state index contributed by atoms with van der Waals surface area (Å²) >= 11 is 0. The summed E-state index contributed by atoms with van der Waals surface area (Å²) in [5.41, 5.74) is 0.908. The number of carbonyl (C=O) groups is 1. The van der Waals surface area contributed by atoms with Gasteiger partial charge in [0.25, 0.3) is 0 Å². The maximum atomic E-state index is 12.0. The summed E-state index contributed by atoms with van der Waals surface area (Å²) in [5, 5.41) is 5.98. The van der Waals surface area contributed by atoms with Gasteiger partial charge in [0.15, 0.2) is 0 Å². The Morgan fingerprint density at radius 2 is 2.00 bits per heavy atom. The van der Waals surface area contributed by atoms with Crippen molar-refractivity contribution in [3.8, 4) is 5.75 Å². The number of amides is 1. The highest BCUT2D eigenvalue weighted by molar-refractivity contribution is 5.78. The van der Waals surface area contributed by atoms with Crippen molar-refractivity contribution in [1.29, 1.82) is 0 Å². The highest BCUT2D eigenvalue weighted by Crippen LogP contribution is 2.20. The van der Waals surface area contributed by atoms with E-state index in [0.29, 0.717) is 6.04 Å². The van der Waals surface area contributed by atoms with Gasteiger partial charge < -0.3 is 15.4 Å². The second kappa shape index (κ2) is 6.65. The van der Waals surface area contributed by atoms with Crippen molar-refractivity contribution >= 4 is 5.91 Å². The van der Waals surface area contributed by atoms with E-state index in [2.05, 4.69) is 15.4 Å². The highest BCUT2D eigenvalue weighted by atomic mass is 19.3. The van der Waals surface area contributed by atoms with E-state index in [4.69, 9.17) is 0 Å². The molecule has 0 radical (unpaired) electrons. The van der Waals surface area contributed by atoms with E-state index in [1.54, 1.807) is 12.1 Å². The van der Waals surface area contributed by atoms with Gasteiger partial charge in [-0.3, -0.25) is 4.79 Å². The third-order valence-corrected chi connectivity index (χ3v) is 3.12. The average molecular weight is 284 g/mol. The summed E-state index contributed by atoms with van der Waals surface area (Å²) in [6, 6.07) is 6.70. The minimum Gasteiger partial charge on any atom is -0.435 e. The van der Waals surface area contributed by atoms with Crippen LogP contribution in [0.1, 0.15) is 31.4 Å². The third kappa shape index (κ3) is 4.77. The van der Waals surface area contributed by atoms with E-state index in [0.717, 1.165) is 18.4 Å². The monoisotopic (exact) mass is 284 g/mol. The zero-order valence-electron chi connectivity index (χ0n) is 11.2. The van der Waals surface area contributed by atoms with Gasteiger partial charge in [0.05, 0.1) is 6.54 Å². The minimum absolute atomic E-state index is 0.0167. The van der Waals surface area contributed by atoms with Gasteiger partial charge in [0.1, 0.15) is 5.75 Å². The lowest BCUT2D eigenvalue weighted by molar-refractivity contribution is -0.120. The smallest absolute Gasteiger partial charge is 0.387 e. The van der Waals surface area contributed by atoms with Crippen LogP contribution in [0, 0.1) is 0 Å². The summed E-state index contributed by atoms with van der Waals surface area (Å²) < 4.78 is 28.3. The predicted octanol–water partition coefficient (Wildman–Crippen LogP) is 2.22. The predicted molar refractivity (Wildman–Crippen MR) is 70.7 cm³/mol. The average Bonchev–Trinajstić information content (AvgIpc) is 3.20. The van der Waals surface area contributed by atoms with Gasteiger partial charge in [-0.15, -0.1) is 0 Å². The molecule has 0 spiro atoms. The van der Waals surface area contributed by atoms with Crippen LogP contribution in [0.5, 0.6) is 5.75 Å². The quantitative estimate of drug-likeness (QED) is 0.807. The molecule has 1 aromatic carbocycles. The number of alkyl halides is 2. The first-order valence-corrected chi connectivity index (χ1v) is 6.62. The molecule has 1 unspecified atom stereocenters. The van der Waals surface area contributed by atoms with E-state index < -0.39 is 6.61 Å². The van der Waals surface area contributed by atoms with Gasteiger partial charge in [0.2, 0.25) is 5.91 Å². The van der Waals surface area contributed by atoms with Crippen LogP contribution in [0.25, 0.3) is 0 Å². The van der Waals surface area contributed by atoms with Crippen molar-refractivity contribution in [2.24, 2.45) is 0 Å². The number of ether oxygens (including phenoxy) is 1. The molecule has 0 bridgehead atoms. The number of hydrogen-bond acceptors (Lipinski definition) is 3. The Kier molecular flexibility index (Phi) is 4.89. The zero-order chi connectivity index (χ0) is 14.5. The molecular formula is C14H18F2N2O2. The fourth-order valence-corrected chi connectivity index (χ4v) is 1.81. The lowest BCUT2D eigenvalue weighted by atomic mass is 10.1. The summed E-state index contributed by atoms with van der Waals surface area (Å²) in [7, 11) is 0. The standard InChI is InChI=1S/C14H18F2N2O2/c1-9(17-8-13(19)18-11-4-5-11)10-2-6-12(7-3-10)20-14(15)16/h2-3,6-7,9,11,14,17H,4-5,8H2,1H3,(H,18,19). The third-order valence-electron chi connectivity index (χ3n) is 3.12. The van der Waals surface area contributed by atoms with E-state index in [9.17, 15) is 13.6 Å². The Bertz CT molecular complexity index is 447. The molecule has 1 saturated carbocycles. The van der Waals surface area contributed by atoms with Crippen molar-refractivity contribution in [2.75, 3.05) is 6.54 Å². The number of benzene rings is 1. The minimum atomic E-state index is -2.82. The van der Waals surface area contributed by atoms with Crippen molar-refractivity contribution in [3.05, 3.63) is 29.8 Å². The molecule has 2 N–H and O–H groups in total. The molecule has 0 aliphatic heterocycles. The molecule has 0 saturated heterocycles. The fourth-order valence-electron chi connectivity index (χ4n) is 1.81. The molecule has 2 rings (SSSR count). The number of hydrogen-bond donors (Lipinski definition) is 2. The van der Waals surface area contributed by atoms with Crippen LogP contribution in [-0.4, -0.2) is 25.1 Å². The van der Waals surface area contributed by atoms with E-state index >= 15 is 0 Å². The summed E-state index contributed by atoms with van der Waals surface area (Å²) in [6.45, 7) is -0.664. The molecule has 1 atom stereocenters. The second-order valence-corrected chi connectivity index (χ2v) is 4.89. The Morgan fingerprint density at radius 1 is 1.35 bits per heavy atom. The molecule has 0 heterocycles. The van der Waals surface area contributed by atoms with Crippen LogP contribution in [0.3, 0.4) is 0 Å². The SMILES string of the molecule is CC(NCC(=O)NC1CC1)c1ccc(OC(F)F)cc1. The molecule has 1 aliphatic carbocycles. The van der Waals surface area contributed by atoms with E-state index in [1.807, 2.05) is 6.92 Å². The van der Waals surface area contributed by atoms with Crippen LogP contribution >= 0.6 is 0 Å². The molecule has 1 fully saturated rings. The first-order valence-electron chi connectivity index (χ1n) is 6.62. The highest BCUT2D eigenvalue weighted by Gasteiger charge is 2.23. The van der Waals surface area contributed by atoms with Crippen molar-refractivity contribution in [1.82, 2.24) is 10.6 Å². The Balaban J connectivity index is 1.78. The molecule has 0 aromatic heterocycles. The van der Waals surface area contributed by atoms with Gasteiger partial charge >= 0.3 is 6.61 Å². The summed E-state index contributed by atoms with van der Waals surface area (Å²) in [5.74, 6) is 0.111. The van der Waals surface area contributed by atoms with Gasteiger partial charge in [-0.05, 0) is 37.5 Å². The molecule has 6 heteroatoms. The molecule has 4 nitrogen and oxygen atoms in total. The first kappa shape index (κ1) is 14.7. The Morgan fingerprint density at radius 3 is 2.55 bits per heavy atom. The van der Waals surface area contributed by atoms with Gasteiger partial charge in [-0.1, -0.05) is 12.1 Å². The molecule has 20 heavy (non-hydrogen) atoms. The zero-order valence-corrected chi connectivity index (χ0v) is 11.2. The largest absolute Gasteiger partial charge is 0.435 e. The van der Waals surface area contributed by atoms with Gasteiger partial charge in [-0.2, -0.15) is 8.78 Å². The topological polar surface area (TPSA) is 50.4 Å². The number of halogens is 2. The molecule has 1 aromatic rings. The normalized spacial score (nSPS) is 16.0. The van der Waals surface area contributed by atoms with Gasteiger partial charge in [0, 0.05) is 12.1 Å². The van der Waals surface area contributed by atoms with E-state index in [1.165, 1.54) is 12.1 Å². The lowest BCUT2D eigenvalue weighted by Crippen LogP contribution is -2.36. The maximum absolute atomic E-state index is 12.0. The van der Waals surface area contributed by atoms with Crippen molar-refractivity contribution in [3.63, 3.8) is 0 Å². The summed E-state index contributed by atoms with van der Waals surface area (Å²) in [4.78, 5) is 11.5. The molecule has 110 valence electrons. The first-order chi connectivity index (χ1) is 9.54. The molecular weight excluding hydrogens is 266 g/mol. The molecule has 1 aliphatic rings. The Labute approximate surface area is 116 Å². The van der Waals surface area contributed by atoms with Gasteiger partial charge in [-0.25, -0.2) is 0 Å². The van der Waals surface area contributed by atoms with E-state index in [-0.39, 0.29) is 24.2 Å². The number of rotatable bonds is 7. The lowest BCUT2D eigenvalue weighted by Gasteiger charge is -2.14. The van der Waals surface area contributed by atoms with Crippen molar-refractivity contribution in [2.45, 2.75) is 38.5 Å². The molecule has 1 amide bonds. The van der Waals surface area contributed by atoms with Crippen LogP contribution in [0.4, 0.5) is 8.78 Å². The Hall–Kier alpha value is -1.69. The van der Waals surface area contributed by atoms with Crippen LogP contribution in [0.2, 0.25) is 0 Å². The fraction of sp³-hybridized carbons (Fsp3) is 0.500. The summed E-state index contributed by atoms with van der Waals surface area (Å²) in [6.07, 6.45) is 2.12. The van der Waals surface area contributed by atoms with Crippen LogP contribution in [-0.2, 0) is 4.79 Å². The maximum Gasteiger partial charge on any atom is 0.387 e. The van der Waals surface area contributed by atoms with Crippen molar-refractivity contribution < 1.29 is 18.3 Å².